The Morgan fingerprint density at radius 1 is 1.17 bits per heavy atom. The maximum absolute atomic E-state index is 12.7. The largest absolute Gasteiger partial charge is 0.497 e. The van der Waals surface area contributed by atoms with Crippen molar-refractivity contribution >= 4 is 11.8 Å². The van der Waals surface area contributed by atoms with Gasteiger partial charge in [-0.25, -0.2) is 0 Å². The smallest absolute Gasteiger partial charge is 0.446 e. The molecule has 0 spiro atoms. The predicted molar refractivity (Wildman–Crippen MR) is 89.8 cm³/mol. The van der Waals surface area contributed by atoms with Crippen molar-refractivity contribution in [1.29, 1.82) is 0 Å². The van der Waals surface area contributed by atoms with Crippen molar-refractivity contribution < 1.29 is 17.9 Å². The molecule has 0 saturated heterocycles. The third-order valence-corrected chi connectivity index (χ3v) is 4.86. The fourth-order valence-corrected chi connectivity index (χ4v) is 3.67. The predicted octanol–water partition coefficient (Wildman–Crippen LogP) is 4.58. The minimum Gasteiger partial charge on any atom is -0.497 e. The monoisotopic (exact) mass is 353 g/mol. The number of rotatable bonds is 3. The number of ether oxygens (including phenoxy) is 1. The summed E-state index contributed by atoms with van der Waals surface area (Å²) in [5.41, 5.74) is -1.07. The van der Waals surface area contributed by atoms with Crippen LogP contribution in [0.5, 0.6) is 5.75 Å². The lowest BCUT2D eigenvalue weighted by Gasteiger charge is -2.20. The zero-order valence-electron chi connectivity index (χ0n) is 13.2. The number of hydrogen-bond donors (Lipinski definition) is 1. The molecule has 1 atom stereocenters. The van der Waals surface area contributed by atoms with Crippen molar-refractivity contribution in [3.63, 3.8) is 0 Å². The molecule has 1 aliphatic heterocycles. The highest BCUT2D eigenvalue weighted by atomic mass is 32.2. The second-order valence-corrected chi connectivity index (χ2v) is 6.83. The standard InChI is InChI=1S/C18H18F3NOS/c1-23-14-6-5-12-7-8-22-11-17(16(12)10-14)13-3-2-4-15(9-13)24-18(19,20)21/h2-6,9-10,17,22H,7-8,11H2,1H3. The SMILES string of the molecule is COc1ccc2c(c1)C(c1cccc(SC(F)(F)F)c1)CNCC2. The summed E-state index contributed by atoms with van der Waals surface area (Å²) in [5, 5.41) is 3.38. The van der Waals surface area contributed by atoms with E-state index < -0.39 is 5.51 Å². The lowest BCUT2D eigenvalue weighted by atomic mass is 9.88. The van der Waals surface area contributed by atoms with E-state index in [9.17, 15) is 13.2 Å². The maximum atomic E-state index is 12.7. The van der Waals surface area contributed by atoms with Crippen LogP contribution in [-0.4, -0.2) is 25.7 Å². The van der Waals surface area contributed by atoms with Gasteiger partial charge in [-0.15, -0.1) is 0 Å². The molecule has 24 heavy (non-hydrogen) atoms. The van der Waals surface area contributed by atoms with Crippen molar-refractivity contribution in [2.45, 2.75) is 22.7 Å². The van der Waals surface area contributed by atoms with Gasteiger partial charge in [0.25, 0.3) is 0 Å². The van der Waals surface area contributed by atoms with Gasteiger partial charge in [0.15, 0.2) is 0 Å². The summed E-state index contributed by atoms with van der Waals surface area (Å²) < 4.78 is 43.3. The Morgan fingerprint density at radius 3 is 2.75 bits per heavy atom. The fourth-order valence-electron chi connectivity index (χ4n) is 3.06. The Bertz CT molecular complexity index is 718. The highest BCUT2D eigenvalue weighted by molar-refractivity contribution is 8.00. The van der Waals surface area contributed by atoms with Crippen LogP contribution in [-0.2, 0) is 6.42 Å². The Morgan fingerprint density at radius 2 is 2.00 bits per heavy atom. The van der Waals surface area contributed by atoms with E-state index >= 15 is 0 Å². The van der Waals surface area contributed by atoms with Crippen LogP contribution in [0.15, 0.2) is 47.4 Å². The Labute approximate surface area is 143 Å². The minimum atomic E-state index is -4.28. The minimum absolute atomic E-state index is 0.00591. The topological polar surface area (TPSA) is 21.3 Å². The molecule has 1 heterocycles. The van der Waals surface area contributed by atoms with Gasteiger partial charge in [0, 0.05) is 17.4 Å². The number of thioether (sulfide) groups is 1. The fraction of sp³-hybridized carbons (Fsp3) is 0.333. The molecule has 0 saturated carbocycles. The van der Waals surface area contributed by atoms with Crippen molar-refractivity contribution in [2.75, 3.05) is 20.2 Å². The summed E-state index contributed by atoms with van der Waals surface area (Å²) in [7, 11) is 1.62. The Kier molecular flexibility index (Phi) is 5.06. The van der Waals surface area contributed by atoms with Crippen LogP contribution in [0.25, 0.3) is 0 Å². The van der Waals surface area contributed by atoms with E-state index in [-0.39, 0.29) is 22.6 Å². The van der Waals surface area contributed by atoms with E-state index in [1.165, 1.54) is 11.6 Å². The van der Waals surface area contributed by atoms with Crippen molar-refractivity contribution in [3.8, 4) is 5.75 Å². The molecule has 2 aromatic carbocycles. The first kappa shape index (κ1) is 17.2. The second-order valence-electron chi connectivity index (χ2n) is 5.69. The number of nitrogens with one attached hydrogen (secondary N) is 1. The molecule has 3 rings (SSSR count). The van der Waals surface area contributed by atoms with Crippen molar-refractivity contribution in [1.82, 2.24) is 5.32 Å². The highest BCUT2D eigenvalue weighted by Crippen LogP contribution is 2.39. The van der Waals surface area contributed by atoms with Gasteiger partial charge in [-0.05, 0) is 65.7 Å². The van der Waals surface area contributed by atoms with Gasteiger partial charge < -0.3 is 10.1 Å². The highest BCUT2D eigenvalue weighted by Gasteiger charge is 2.30. The zero-order chi connectivity index (χ0) is 17.2. The first-order valence-corrected chi connectivity index (χ1v) is 8.51. The van der Waals surface area contributed by atoms with Crippen LogP contribution in [0.4, 0.5) is 13.2 Å². The lowest BCUT2D eigenvalue weighted by Crippen LogP contribution is -2.21. The molecule has 0 aromatic heterocycles. The quantitative estimate of drug-likeness (QED) is 0.816. The number of alkyl halides is 3. The van der Waals surface area contributed by atoms with E-state index in [0.29, 0.717) is 6.54 Å². The van der Waals surface area contributed by atoms with Gasteiger partial charge >= 0.3 is 5.51 Å². The molecule has 0 radical (unpaired) electrons. The molecule has 2 aromatic rings. The number of hydrogen-bond acceptors (Lipinski definition) is 3. The molecule has 6 heteroatoms. The zero-order valence-corrected chi connectivity index (χ0v) is 14.0. The molecule has 1 unspecified atom stereocenters. The average molecular weight is 353 g/mol. The molecule has 0 fully saturated rings. The average Bonchev–Trinajstić information content (AvgIpc) is 2.75. The third-order valence-electron chi connectivity index (χ3n) is 4.14. The molecule has 1 N–H and O–H groups in total. The molecule has 0 bridgehead atoms. The van der Waals surface area contributed by atoms with E-state index in [0.717, 1.165) is 29.8 Å². The summed E-state index contributed by atoms with van der Waals surface area (Å²) in [4.78, 5) is 0.216. The van der Waals surface area contributed by atoms with Gasteiger partial charge in [0.05, 0.1) is 7.11 Å². The molecule has 0 aliphatic carbocycles. The molecular formula is C18H18F3NOS. The summed E-state index contributed by atoms with van der Waals surface area (Å²) in [5.74, 6) is 0.771. The van der Waals surface area contributed by atoms with Gasteiger partial charge in [0.1, 0.15) is 5.75 Å². The van der Waals surface area contributed by atoms with Crippen LogP contribution in [0, 0.1) is 0 Å². The molecule has 1 aliphatic rings. The first-order valence-electron chi connectivity index (χ1n) is 7.69. The van der Waals surface area contributed by atoms with Gasteiger partial charge in [-0.2, -0.15) is 13.2 Å². The van der Waals surface area contributed by atoms with Crippen molar-refractivity contribution in [3.05, 3.63) is 59.2 Å². The summed E-state index contributed by atoms with van der Waals surface area (Å²) in [6.45, 7) is 1.55. The number of halogens is 3. The number of fused-ring (bicyclic) bond motifs is 1. The van der Waals surface area contributed by atoms with Crippen LogP contribution in [0.1, 0.15) is 22.6 Å². The van der Waals surface area contributed by atoms with Crippen LogP contribution in [0.3, 0.4) is 0 Å². The number of methoxy groups -OCH3 is 1. The molecule has 2 nitrogen and oxygen atoms in total. The molecule has 128 valence electrons. The second kappa shape index (κ2) is 7.07. The van der Waals surface area contributed by atoms with Crippen LogP contribution < -0.4 is 10.1 Å². The maximum Gasteiger partial charge on any atom is 0.446 e. The summed E-state index contributed by atoms with van der Waals surface area (Å²) >= 11 is -0.0720. The number of benzene rings is 2. The van der Waals surface area contributed by atoms with Gasteiger partial charge in [0.2, 0.25) is 0 Å². The van der Waals surface area contributed by atoms with E-state index in [1.807, 2.05) is 24.3 Å². The van der Waals surface area contributed by atoms with Gasteiger partial charge in [-0.3, -0.25) is 0 Å². The lowest BCUT2D eigenvalue weighted by molar-refractivity contribution is -0.0328. The first-order chi connectivity index (χ1) is 11.5. The van der Waals surface area contributed by atoms with E-state index in [2.05, 4.69) is 5.32 Å². The van der Waals surface area contributed by atoms with Crippen LogP contribution in [0.2, 0.25) is 0 Å². The van der Waals surface area contributed by atoms with E-state index in [4.69, 9.17) is 4.74 Å². The molecule has 0 amide bonds. The Balaban J connectivity index is 1.99. The Hall–Kier alpha value is -1.66. The van der Waals surface area contributed by atoms with Gasteiger partial charge in [-0.1, -0.05) is 18.2 Å². The molecular weight excluding hydrogens is 335 g/mol. The van der Waals surface area contributed by atoms with Crippen molar-refractivity contribution in [2.24, 2.45) is 0 Å². The third kappa shape index (κ3) is 4.05. The summed E-state index contributed by atoms with van der Waals surface area (Å²) in [6.07, 6.45) is 0.896. The van der Waals surface area contributed by atoms with E-state index in [1.54, 1.807) is 19.2 Å². The van der Waals surface area contributed by atoms with Crippen LogP contribution >= 0.6 is 11.8 Å². The summed E-state index contributed by atoms with van der Waals surface area (Å²) in [6, 6.07) is 12.7. The normalized spacial score (nSPS) is 17.9.